The van der Waals surface area contributed by atoms with Gasteiger partial charge in [0.2, 0.25) is 0 Å². The molecular weight excluding hydrogens is 490 g/mol. The Morgan fingerprint density at radius 3 is 2.51 bits per heavy atom. The van der Waals surface area contributed by atoms with Crippen LogP contribution in [0.1, 0.15) is 58.4 Å². The van der Waals surface area contributed by atoms with Crippen molar-refractivity contribution in [3.05, 3.63) is 89.7 Å². The lowest BCUT2D eigenvalue weighted by Gasteiger charge is -2.42. The van der Waals surface area contributed by atoms with Crippen LogP contribution < -0.4 is 9.47 Å². The molecule has 3 aliphatic heterocycles. The van der Waals surface area contributed by atoms with Crippen molar-refractivity contribution in [2.45, 2.75) is 39.0 Å². The maximum Gasteiger partial charge on any atom is 0.257 e. The number of ether oxygens (including phenoxy) is 2. The van der Waals surface area contributed by atoms with Gasteiger partial charge in [0.25, 0.3) is 11.8 Å². The summed E-state index contributed by atoms with van der Waals surface area (Å²) in [7, 11) is 0. The van der Waals surface area contributed by atoms with Crippen molar-refractivity contribution in [1.82, 2.24) is 14.8 Å². The first-order valence-electron chi connectivity index (χ1n) is 13.9. The van der Waals surface area contributed by atoms with Gasteiger partial charge < -0.3 is 19.3 Å². The minimum absolute atomic E-state index is 0.00478. The van der Waals surface area contributed by atoms with Crippen molar-refractivity contribution < 1.29 is 19.1 Å². The normalized spacial score (nSPS) is 17.9. The molecule has 2 aromatic carbocycles. The van der Waals surface area contributed by atoms with Gasteiger partial charge >= 0.3 is 0 Å². The van der Waals surface area contributed by atoms with Gasteiger partial charge in [0, 0.05) is 36.8 Å². The van der Waals surface area contributed by atoms with Crippen molar-refractivity contribution in [2.24, 2.45) is 5.41 Å². The van der Waals surface area contributed by atoms with Crippen LogP contribution in [-0.2, 0) is 0 Å². The van der Waals surface area contributed by atoms with E-state index in [1.165, 1.54) is 0 Å². The summed E-state index contributed by atoms with van der Waals surface area (Å²) in [5.41, 5.74) is 2.34. The molecule has 2 amide bonds. The third-order valence-electron chi connectivity index (χ3n) is 8.00. The molecule has 0 saturated carbocycles. The fourth-order valence-corrected chi connectivity index (χ4v) is 5.52. The van der Waals surface area contributed by atoms with Gasteiger partial charge in [-0.1, -0.05) is 36.2 Å². The summed E-state index contributed by atoms with van der Waals surface area (Å²) in [4.78, 5) is 35.0. The smallest absolute Gasteiger partial charge is 0.257 e. The van der Waals surface area contributed by atoms with E-state index in [2.05, 4.69) is 4.98 Å². The van der Waals surface area contributed by atoms with E-state index < -0.39 is 0 Å². The molecule has 0 spiro atoms. The minimum Gasteiger partial charge on any atom is -0.491 e. The summed E-state index contributed by atoms with van der Waals surface area (Å²) in [6.07, 6.45) is 8.07. The average molecular weight is 528 g/mol. The maximum atomic E-state index is 13.5. The molecule has 1 fully saturated rings. The summed E-state index contributed by atoms with van der Waals surface area (Å²) in [6.45, 7) is 5.40. The van der Waals surface area contributed by atoms with Gasteiger partial charge in [0.15, 0.2) is 0 Å². The summed E-state index contributed by atoms with van der Waals surface area (Å²) in [6, 6.07) is 19.0. The Morgan fingerprint density at radius 2 is 1.74 bits per heavy atom. The first-order chi connectivity index (χ1) is 19.0. The summed E-state index contributed by atoms with van der Waals surface area (Å²) in [5.74, 6) is 1.34. The number of carbonyl (C=O) groups excluding carboxylic acids is 2. The second-order valence-electron chi connectivity index (χ2n) is 10.7. The quantitative estimate of drug-likeness (QED) is 0.455. The zero-order valence-electron chi connectivity index (χ0n) is 22.7. The molecule has 7 nitrogen and oxygen atoms in total. The molecule has 4 heterocycles. The molecule has 39 heavy (non-hydrogen) atoms. The van der Waals surface area contributed by atoms with E-state index in [1.54, 1.807) is 12.4 Å². The predicted octanol–water partition coefficient (Wildman–Crippen LogP) is 5.40. The summed E-state index contributed by atoms with van der Waals surface area (Å²) >= 11 is 0. The number of benzene rings is 2. The molecule has 0 atom stereocenters. The Kier molecular flexibility index (Phi) is 8.45. The van der Waals surface area contributed by atoms with E-state index in [0.717, 1.165) is 43.4 Å². The summed E-state index contributed by atoms with van der Waals surface area (Å²) in [5, 5.41) is 0. The molecule has 3 aliphatic rings. The third kappa shape index (κ3) is 6.59. The Hall–Kier alpha value is -3.87. The van der Waals surface area contributed by atoms with Gasteiger partial charge in [0.05, 0.1) is 24.9 Å². The fraction of sp³-hybridized carbons (Fsp3) is 0.406. The molecule has 0 N–H and O–H groups in total. The van der Waals surface area contributed by atoms with Crippen LogP contribution in [-0.4, -0.2) is 66.0 Å². The van der Waals surface area contributed by atoms with Crippen molar-refractivity contribution in [3.8, 4) is 11.5 Å². The van der Waals surface area contributed by atoms with E-state index >= 15 is 0 Å². The van der Waals surface area contributed by atoms with Crippen molar-refractivity contribution in [2.75, 3.05) is 39.4 Å². The van der Waals surface area contributed by atoms with Crippen LogP contribution >= 0.6 is 0 Å². The molecular formula is C32H37N3O4. The van der Waals surface area contributed by atoms with Crippen LogP contribution in [0.2, 0.25) is 0 Å². The van der Waals surface area contributed by atoms with Gasteiger partial charge in [-0.25, -0.2) is 0 Å². The lowest BCUT2D eigenvalue weighted by atomic mass is 9.75. The van der Waals surface area contributed by atoms with Gasteiger partial charge in [-0.3, -0.25) is 14.6 Å². The molecule has 1 saturated heterocycles. The Bertz CT molecular complexity index is 1250. The van der Waals surface area contributed by atoms with Crippen LogP contribution in [0, 0.1) is 12.3 Å². The number of rotatable bonds is 4. The number of amides is 2. The highest BCUT2D eigenvalue weighted by molar-refractivity contribution is 5.97. The van der Waals surface area contributed by atoms with Gasteiger partial charge in [-0.05, 0) is 69.0 Å². The third-order valence-corrected chi connectivity index (χ3v) is 8.00. The highest BCUT2D eigenvalue weighted by Gasteiger charge is 2.37. The largest absolute Gasteiger partial charge is 0.491 e. The monoisotopic (exact) mass is 527 g/mol. The summed E-state index contributed by atoms with van der Waals surface area (Å²) < 4.78 is 12.3. The first-order valence-corrected chi connectivity index (χ1v) is 13.9. The Balaban J connectivity index is 1.37. The topological polar surface area (TPSA) is 72.0 Å². The second kappa shape index (κ2) is 12.3. The van der Waals surface area contributed by atoms with Crippen LogP contribution in [0.5, 0.6) is 11.5 Å². The lowest BCUT2D eigenvalue weighted by molar-refractivity contribution is 0.0358. The zero-order chi connectivity index (χ0) is 27.1. The van der Waals surface area contributed by atoms with Crippen LogP contribution in [0.25, 0.3) is 0 Å². The van der Waals surface area contributed by atoms with Gasteiger partial charge in [-0.2, -0.15) is 0 Å². The van der Waals surface area contributed by atoms with E-state index in [4.69, 9.17) is 9.47 Å². The number of nitrogens with zero attached hydrogens (tertiary/aromatic N) is 3. The number of pyridine rings is 1. The maximum absolute atomic E-state index is 13.5. The molecule has 2 bridgehead atoms. The molecule has 0 radical (unpaired) electrons. The highest BCUT2D eigenvalue weighted by Crippen LogP contribution is 2.38. The zero-order valence-corrected chi connectivity index (χ0v) is 22.7. The number of aromatic nitrogens is 1. The molecule has 7 heteroatoms. The number of piperidine rings is 1. The van der Waals surface area contributed by atoms with Crippen molar-refractivity contribution in [1.29, 1.82) is 0 Å². The first kappa shape index (κ1) is 26.7. The average Bonchev–Trinajstić information content (AvgIpc) is 2.98. The number of hydrogen-bond acceptors (Lipinski definition) is 5. The SMILES string of the molecule is Cc1ccc(C(=O)N2CCCCC3(COc4cccnc4)CCN(CC3)C(=O)c3ccccc3OCC2)cc1. The van der Waals surface area contributed by atoms with Crippen LogP contribution in [0.4, 0.5) is 0 Å². The lowest BCUT2D eigenvalue weighted by Crippen LogP contribution is -2.45. The molecule has 204 valence electrons. The predicted molar refractivity (Wildman–Crippen MR) is 150 cm³/mol. The number of aryl methyl sites for hydroxylation is 1. The second-order valence-corrected chi connectivity index (χ2v) is 10.7. The Morgan fingerprint density at radius 1 is 0.949 bits per heavy atom. The van der Waals surface area contributed by atoms with E-state index in [1.807, 2.05) is 77.4 Å². The highest BCUT2D eigenvalue weighted by atomic mass is 16.5. The van der Waals surface area contributed by atoms with E-state index in [-0.39, 0.29) is 17.2 Å². The molecule has 0 aliphatic carbocycles. The standard InChI is InChI=1S/C32H37N3O4/c1-25-10-12-26(13-11-25)30(36)34-18-5-4-14-32(24-39-27-7-6-17-33-23-27)15-19-35(20-16-32)31(37)28-8-2-3-9-29(28)38-22-21-34/h2-3,6-13,17,23H,4-5,14-16,18-22,24H2,1H3. The van der Waals surface area contributed by atoms with E-state index in [0.29, 0.717) is 56.3 Å². The van der Waals surface area contributed by atoms with E-state index in [9.17, 15) is 9.59 Å². The fourth-order valence-electron chi connectivity index (χ4n) is 5.52. The van der Waals surface area contributed by atoms with Gasteiger partial charge in [-0.15, -0.1) is 0 Å². The van der Waals surface area contributed by atoms with Crippen LogP contribution in [0.3, 0.4) is 0 Å². The number of hydrogen-bond donors (Lipinski definition) is 0. The van der Waals surface area contributed by atoms with Crippen molar-refractivity contribution in [3.63, 3.8) is 0 Å². The number of fused-ring (bicyclic) bond motifs is 9. The molecule has 0 unspecified atom stereocenters. The Labute approximate surface area is 230 Å². The number of carbonyl (C=O) groups is 2. The molecule has 1 aromatic heterocycles. The number of para-hydroxylation sites is 1. The van der Waals surface area contributed by atoms with Crippen LogP contribution in [0.15, 0.2) is 73.1 Å². The molecule has 3 aromatic rings. The van der Waals surface area contributed by atoms with Crippen molar-refractivity contribution >= 4 is 11.8 Å². The van der Waals surface area contributed by atoms with Gasteiger partial charge in [0.1, 0.15) is 18.1 Å². The molecule has 6 rings (SSSR count). The minimum atomic E-state index is -0.0331.